The van der Waals surface area contributed by atoms with E-state index in [1.54, 1.807) is 23.9 Å². The summed E-state index contributed by atoms with van der Waals surface area (Å²) in [6, 6.07) is 6.50. The average molecular weight is 267 g/mol. The molecule has 1 unspecified atom stereocenters. The van der Waals surface area contributed by atoms with Crippen molar-refractivity contribution in [2.24, 2.45) is 0 Å². The monoisotopic (exact) mass is 267 g/mol. The third-order valence-corrected chi connectivity index (χ3v) is 3.22. The Bertz CT molecular complexity index is 417. The first-order valence-electron chi connectivity index (χ1n) is 5.63. The van der Waals surface area contributed by atoms with Crippen LogP contribution in [-0.4, -0.2) is 35.0 Å². The molecule has 1 amide bonds. The van der Waals surface area contributed by atoms with Crippen molar-refractivity contribution in [2.75, 3.05) is 12.0 Å². The summed E-state index contributed by atoms with van der Waals surface area (Å²) in [5.74, 6) is -0.122. The number of carbonyl (C=O) groups is 2. The van der Waals surface area contributed by atoms with Gasteiger partial charge in [0.05, 0.1) is 12.0 Å². The summed E-state index contributed by atoms with van der Waals surface area (Å²) in [5, 5.41) is 11.6. The highest BCUT2D eigenvalue weighted by atomic mass is 32.2. The van der Waals surface area contributed by atoms with E-state index in [2.05, 4.69) is 5.32 Å². The summed E-state index contributed by atoms with van der Waals surface area (Å²) in [6.07, 6.45) is 2.27. The molecule has 5 heteroatoms. The van der Waals surface area contributed by atoms with Crippen molar-refractivity contribution in [3.05, 3.63) is 35.4 Å². The summed E-state index contributed by atoms with van der Waals surface area (Å²) in [4.78, 5) is 22.4. The van der Waals surface area contributed by atoms with Crippen molar-refractivity contribution < 1.29 is 14.7 Å². The van der Waals surface area contributed by atoms with E-state index in [1.165, 1.54) is 12.1 Å². The first-order chi connectivity index (χ1) is 8.52. The number of carboxylic acid groups (broad SMARTS) is 1. The van der Waals surface area contributed by atoms with E-state index in [9.17, 15) is 9.59 Å². The van der Waals surface area contributed by atoms with Crippen molar-refractivity contribution in [2.45, 2.75) is 19.4 Å². The number of aromatic carboxylic acids is 1. The SMILES string of the molecule is CSCC(C)NC(=O)Cc1ccc(C(=O)O)cc1. The van der Waals surface area contributed by atoms with E-state index < -0.39 is 5.97 Å². The summed E-state index contributed by atoms with van der Waals surface area (Å²) >= 11 is 1.68. The van der Waals surface area contributed by atoms with Gasteiger partial charge < -0.3 is 10.4 Å². The average Bonchev–Trinajstić information content (AvgIpc) is 2.29. The second-order valence-electron chi connectivity index (χ2n) is 4.10. The van der Waals surface area contributed by atoms with Crippen LogP contribution in [-0.2, 0) is 11.2 Å². The number of amides is 1. The van der Waals surface area contributed by atoms with Gasteiger partial charge in [-0.2, -0.15) is 11.8 Å². The van der Waals surface area contributed by atoms with Crippen molar-refractivity contribution >= 4 is 23.6 Å². The van der Waals surface area contributed by atoms with E-state index >= 15 is 0 Å². The fourth-order valence-electron chi connectivity index (χ4n) is 1.57. The van der Waals surface area contributed by atoms with Crippen LogP contribution in [0.1, 0.15) is 22.8 Å². The Morgan fingerprint density at radius 1 is 1.33 bits per heavy atom. The number of carboxylic acids is 1. The smallest absolute Gasteiger partial charge is 0.335 e. The number of rotatable bonds is 6. The van der Waals surface area contributed by atoms with Crippen LogP contribution in [0.4, 0.5) is 0 Å². The molecule has 0 spiro atoms. The maximum absolute atomic E-state index is 11.7. The Kier molecular flexibility index (Phi) is 5.71. The fraction of sp³-hybridized carbons (Fsp3) is 0.385. The number of hydrogen-bond donors (Lipinski definition) is 2. The summed E-state index contributed by atoms with van der Waals surface area (Å²) < 4.78 is 0. The van der Waals surface area contributed by atoms with Crippen LogP contribution in [0.25, 0.3) is 0 Å². The van der Waals surface area contributed by atoms with Crippen LogP contribution in [0, 0.1) is 0 Å². The third kappa shape index (κ3) is 4.79. The van der Waals surface area contributed by atoms with E-state index in [0.717, 1.165) is 11.3 Å². The van der Waals surface area contributed by atoms with Crippen molar-refractivity contribution in [1.82, 2.24) is 5.32 Å². The van der Waals surface area contributed by atoms with Gasteiger partial charge in [-0.3, -0.25) is 4.79 Å². The molecule has 1 rings (SSSR count). The third-order valence-electron chi connectivity index (χ3n) is 2.39. The molecule has 0 bridgehead atoms. The van der Waals surface area contributed by atoms with E-state index in [4.69, 9.17) is 5.11 Å². The molecule has 98 valence electrons. The van der Waals surface area contributed by atoms with Gasteiger partial charge >= 0.3 is 5.97 Å². The number of benzene rings is 1. The largest absolute Gasteiger partial charge is 0.478 e. The second-order valence-corrected chi connectivity index (χ2v) is 5.01. The highest BCUT2D eigenvalue weighted by Gasteiger charge is 2.08. The Morgan fingerprint density at radius 2 is 1.94 bits per heavy atom. The molecule has 0 heterocycles. The molecule has 0 fully saturated rings. The van der Waals surface area contributed by atoms with E-state index in [-0.39, 0.29) is 23.9 Å². The quantitative estimate of drug-likeness (QED) is 0.824. The normalized spacial score (nSPS) is 11.9. The standard InChI is InChI=1S/C13H17NO3S/c1-9(8-18-2)14-12(15)7-10-3-5-11(6-4-10)13(16)17/h3-6,9H,7-8H2,1-2H3,(H,14,15)(H,16,17). The summed E-state index contributed by atoms with van der Waals surface area (Å²) in [7, 11) is 0. The number of thioether (sulfide) groups is 1. The lowest BCUT2D eigenvalue weighted by Crippen LogP contribution is -2.35. The number of hydrogen-bond acceptors (Lipinski definition) is 3. The molecule has 0 saturated heterocycles. The Labute approximate surface area is 111 Å². The van der Waals surface area contributed by atoms with Gasteiger partial charge in [0.1, 0.15) is 0 Å². The minimum atomic E-state index is -0.959. The molecule has 2 N–H and O–H groups in total. The number of nitrogens with one attached hydrogen (secondary N) is 1. The fourth-order valence-corrected chi connectivity index (χ4v) is 2.15. The van der Waals surface area contributed by atoms with E-state index in [1.807, 2.05) is 13.2 Å². The van der Waals surface area contributed by atoms with Gasteiger partial charge in [0.15, 0.2) is 0 Å². The minimum Gasteiger partial charge on any atom is -0.478 e. The van der Waals surface area contributed by atoms with Gasteiger partial charge in [-0.15, -0.1) is 0 Å². The minimum absolute atomic E-state index is 0.0420. The topological polar surface area (TPSA) is 66.4 Å². The predicted molar refractivity (Wildman–Crippen MR) is 73.1 cm³/mol. The first kappa shape index (κ1) is 14.6. The molecule has 4 nitrogen and oxygen atoms in total. The lowest BCUT2D eigenvalue weighted by molar-refractivity contribution is -0.120. The van der Waals surface area contributed by atoms with Gasteiger partial charge in [-0.1, -0.05) is 12.1 Å². The van der Waals surface area contributed by atoms with Gasteiger partial charge in [0.25, 0.3) is 0 Å². The maximum Gasteiger partial charge on any atom is 0.335 e. The van der Waals surface area contributed by atoms with Crippen molar-refractivity contribution in [3.8, 4) is 0 Å². The molecule has 0 radical (unpaired) electrons. The highest BCUT2D eigenvalue weighted by molar-refractivity contribution is 7.98. The Morgan fingerprint density at radius 3 is 2.44 bits per heavy atom. The lowest BCUT2D eigenvalue weighted by Gasteiger charge is -2.12. The molecule has 0 aliphatic carbocycles. The molecule has 1 atom stereocenters. The molecule has 1 aromatic carbocycles. The van der Waals surface area contributed by atoms with Crippen LogP contribution >= 0.6 is 11.8 Å². The predicted octanol–water partition coefficient (Wildman–Crippen LogP) is 1.80. The molecule has 0 saturated carbocycles. The van der Waals surface area contributed by atoms with Crippen molar-refractivity contribution in [1.29, 1.82) is 0 Å². The van der Waals surface area contributed by atoms with Crippen LogP contribution in [0.2, 0.25) is 0 Å². The molecule has 0 aliphatic heterocycles. The van der Waals surface area contributed by atoms with Crippen LogP contribution in [0.5, 0.6) is 0 Å². The molecule has 1 aromatic rings. The van der Waals surface area contributed by atoms with Crippen LogP contribution in [0.15, 0.2) is 24.3 Å². The maximum atomic E-state index is 11.7. The Balaban J connectivity index is 2.51. The molecule has 18 heavy (non-hydrogen) atoms. The zero-order chi connectivity index (χ0) is 13.5. The van der Waals surface area contributed by atoms with Gasteiger partial charge in [0.2, 0.25) is 5.91 Å². The van der Waals surface area contributed by atoms with Gasteiger partial charge in [0, 0.05) is 11.8 Å². The van der Waals surface area contributed by atoms with Gasteiger partial charge in [-0.25, -0.2) is 4.79 Å². The molecule has 0 aromatic heterocycles. The molecule has 0 aliphatic rings. The van der Waals surface area contributed by atoms with Crippen LogP contribution in [0.3, 0.4) is 0 Å². The molecular formula is C13H17NO3S. The van der Waals surface area contributed by atoms with E-state index in [0.29, 0.717) is 0 Å². The zero-order valence-electron chi connectivity index (χ0n) is 10.5. The van der Waals surface area contributed by atoms with Gasteiger partial charge in [-0.05, 0) is 30.9 Å². The molecular weight excluding hydrogens is 250 g/mol. The zero-order valence-corrected chi connectivity index (χ0v) is 11.3. The summed E-state index contributed by atoms with van der Waals surface area (Å²) in [5.41, 5.74) is 1.05. The lowest BCUT2D eigenvalue weighted by atomic mass is 10.1. The second kappa shape index (κ2) is 7.06. The van der Waals surface area contributed by atoms with Crippen LogP contribution < -0.4 is 5.32 Å². The summed E-state index contributed by atoms with van der Waals surface area (Å²) in [6.45, 7) is 1.96. The Hall–Kier alpha value is -1.49. The van der Waals surface area contributed by atoms with Crippen molar-refractivity contribution in [3.63, 3.8) is 0 Å². The number of carbonyl (C=O) groups excluding carboxylic acids is 1. The first-order valence-corrected chi connectivity index (χ1v) is 7.03. The highest BCUT2D eigenvalue weighted by Crippen LogP contribution is 2.05.